The smallest absolute Gasteiger partial charge is 0.271 e. The summed E-state index contributed by atoms with van der Waals surface area (Å²) in [5, 5.41) is 7.12. The molecule has 110 valence electrons. The molecule has 2 aromatic rings. The maximum Gasteiger partial charge on any atom is 0.271 e. The lowest BCUT2D eigenvalue weighted by atomic mass is 10.2. The number of ether oxygens (including phenoxy) is 1. The summed E-state index contributed by atoms with van der Waals surface area (Å²) in [6.45, 7) is 1.31. The molecular formula is C15H18N4O2. The molecule has 1 fully saturated rings. The van der Waals surface area contributed by atoms with Gasteiger partial charge in [0, 0.05) is 19.3 Å². The predicted octanol–water partition coefficient (Wildman–Crippen LogP) is 1.36. The van der Waals surface area contributed by atoms with E-state index in [2.05, 4.69) is 10.4 Å². The zero-order chi connectivity index (χ0) is 14.7. The van der Waals surface area contributed by atoms with Crippen molar-refractivity contribution in [3.8, 4) is 5.69 Å². The Balaban J connectivity index is 1.66. The summed E-state index contributed by atoms with van der Waals surface area (Å²) in [5.41, 5.74) is 7.65. The first kappa shape index (κ1) is 13.6. The molecule has 1 saturated heterocycles. The van der Waals surface area contributed by atoms with Gasteiger partial charge < -0.3 is 15.8 Å². The van der Waals surface area contributed by atoms with Crippen molar-refractivity contribution in [2.45, 2.75) is 18.9 Å². The molecule has 1 amide bonds. The number of carbonyl (C=O) groups is 1. The standard InChI is InChI=1S/C15H18N4O2/c16-12-5-1-2-6-14(12)19-8-7-13(18-19)15(20)17-10-11-4-3-9-21-11/h1-2,5-8,11H,3-4,9-10,16H2,(H,17,20). The van der Waals surface area contributed by atoms with Gasteiger partial charge in [-0.25, -0.2) is 4.68 Å². The van der Waals surface area contributed by atoms with Gasteiger partial charge >= 0.3 is 0 Å². The van der Waals surface area contributed by atoms with Gasteiger partial charge in [-0.15, -0.1) is 0 Å². The average Bonchev–Trinajstić information content (AvgIpc) is 3.17. The average molecular weight is 286 g/mol. The summed E-state index contributed by atoms with van der Waals surface area (Å²) in [7, 11) is 0. The van der Waals surface area contributed by atoms with Gasteiger partial charge in [0.05, 0.1) is 17.5 Å². The van der Waals surface area contributed by atoms with Gasteiger partial charge in [-0.1, -0.05) is 12.1 Å². The summed E-state index contributed by atoms with van der Waals surface area (Å²) < 4.78 is 7.08. The van der Waals surface area contributed by atoms with Crippen LogP contribution >= 0.6 is 0 Å². The third-order valence-corrected chi connectivity index (χ3v) is 3.52. The highest BCUT2D eigenvalue weighted by Crippen LogP contribution is 2.15. The van der Waals surface area contributed by atoms with Crippen molar-refractivity contribution in [3.63, 3.8) is 0 Å². The van der Waals surface area contributed by atoms with E-state index in [4.69, 9.17) is 10.5 Å². The number of carbonyl (C=O) groups excluding carboxylic acids is 1. The van der Waals surface area contributed by atoms with E-state index in [1.807, 2.05) is 18.2 Å². The number of hydrogen-bond acceptors (Lipinski definition) is 4. The number of para-hydroxylation sites is 2. The van der Waals surface area contributed by atoms with Crippen LogP contribution in [0.1, 0.15) is 23.3 Å². The van der Waals surface area contributed by atoms with Crippen LogP contribution in [0.5, 0.6) is 0 Å². The summed E-state index contributed by atoms with van der Waals surface area (Å²) in [5.74, 6) is -0.196. The highest BCUT2D eigenvalue weighted by Gasteiger charge is 2.17. The number of nitrogen functional groups attached to an aromatic ring is 1. The Bertz CT molecular complexity index is 632. The van der Waals surface area contributed by atoms with E-state index in [1.54, 1.807) is 23.0 Å². The molecule has 1 aliphatic rings. The molecule has 2 heterocycles. The third-order valence-electron chi connectivity index (χ3n) is 3.52. The number of aromatic nitrogens is 2. The molecule has 1 aliphatic heterocycles. The Hall–Kier alpha value is -2.34. The fraction of sp³-hybridized carbons (Fsp3) is 0.333. The number of anilines is 1. The summed E-state index contributed by atoms with van der Waals surface area (Å²) in [6, 6.07) is 9.07. The number of hydrogen-bond donors (Lipinski definition) is 2. The Kier molecular flexibility index (Phi) is 3.87. The van der Waals surface area contributed by atoms with E-state index in [0.717, 1.165) is 25.1 Å². The first-order valence-corrected chi connectivity index (χ1v) is 7.04. The first-order chi connectivity index (χ1) is 10.2. The predicted molar refractivity (Wildman–Crippen MR) is 79.3 cm³/mol. The summed E-state index contributed by atoms with van der Waals surface area (Å²) >= 11 is 0. The monoisotopic (exact) mass is 286 g/mol. The molecule has 1 atom stereocenters. The lowest BCUT2D eigenvalue weighted by molar-refractivity contribution is 0.0853. The second kappa shape index (κ2) is 5.97. The van der Waals surface area contributed by atoms with Gasteiger partial charge in [-0.05, 0) is 31.0 Å². The molecule has 6 heteroatoms. The van der Waals surface area contributed by atoms with Crippen LogP contribution in [0, 0.1) is 0 Å². The van der Waals surface area contributed by atoms with Crippen molar-refractivity contribution in [3.05, 3.63) is 42.2 Å². The van der Waals surface area contributed by atoms with Crippen molar-refractivity contribution in [1.29, 1.82) is 0 Å². The van der Waals surface area contributed by atoms with Crippen LogP contribution in [-0.4, -0.2) is 34.9 Å². The molecule has 0 saturated carbocycles. The van der Waals surface area contributed by atoms with Crippen molar-refractivity contribution < 1.29 is 9.53 Å². The zero-order valence-electron chi connectivity index (χ0n) is 11.7. The lowest BCUT2D eigenvalue weighted by Gasteiger charge is -2.09. The van der Waals surface area contributed by atoms with Gasteiger partial charge in [0.1, 0.15) is 0 Å². The Morgan fingerprint density at radius 2 is 2.29 bits per heavy atom. The Morgan fingerprint density at radius 1 is 1.43 bits per heavy atom. The van der Waals surface area contributed by atoms with Crippen LogP contribution in [-0.2, 0) is 4.74 Å². The second-order valence-corrected chi connectivity index (χ2v) is 5.05. The van der Waals surface area contributed by atoms with E-state index in [0.29, 0.717) is 17.9 Å². The van der Waals surface area contributed by atoms with Gasteiger partial charge in [0.2, 0.25) is 0 Å². The van der Waals surface area contributed by atoms with Crippen LogP contribution in [0.25, 0.3) is 5.69 Å². The Morgan fingerprint density at radius 3 is 3.05 bits per heavy atom. The number of nitrogens with two attached hydrogens (primary N) is 1. The Labute approximate surface area is 122 Å². The van der Waals surface area contributed by atoms with Crippen LogP contribution in [0.3, 0.4) is 0 Å². The number of benzene rings is 1. The number of rotatable bonds is 4. The molecule has 0 spiro atoms. The number of amides is 1. The largest absolute Gasteiger partial charge is 0.397 e. The summed E-state index contributed by atoms with van der Waals surface area (Å²) in [4.78, 5) is 12.1. The molecule has 0 radical (unpaired) electrons. The zero-order valence-corrected chi connectivity index (χ0v) is 11.7. The van der Waals surface area contributed by atoms with E-state index in [1.165, 1.54) is 0 Å². The molecule has 0 aliphatic carbocycles. The fourth-order valence-corrected chi connectivity index (χ4v) is 2.38. The minimum atomic E-state index is -0.196. The molecule has 6 nitrogen and oxygen atoms in total. The number of nitrogens with zero attached hydrogens (tertiary/aromatic N) is 2. The minimum Gasteiger partial charge on any atom is -0.397 e. The van der Waals surface area contributed by atoms with Crippen LogP contribution < -0.4 is 11.1 Å². The molecule has 1 aromatic carbocycles. The minimum absolute atomic E-state index is 0.126. The maximum atomic E-state index is 12.1. The quantitative estimate of drug-likeness (QED) is 0.832. The molecule has 1 unspecified atom stereocenters. The van der Waals surface area contributed by atoms with E-state index < -0.39 is 0 Å². The van der Waals surface area contributed by atoms with Crippen LogP contribution in [0.2, 0.25) is 0 Å². The van der Waals surface area contributed by atoms with Gasteiger partial charge in [0.25, 0.3) is 5.91 Å². The third kappa shape index (κ3) is 3.05. The highest BCUT2D eigenvalue weighted by molar-refractivity contribution is 5.92. The number of nitrogens with one attached hydrogen (secondary N) is 1. The van der Waals surface area contributed by atoms with Crippen molar-refractivity contribution in [2.24, 2.45) is 0 Å². The van der Waals surface area contributed by atoms with E-state index in [9.17, 15) is 4.79 Å². The summed E-state index contributed by atoms with van der Waals surface area (Å²) in [6.07, 6.45) is 3.91. The highest BCUT2D eigenvalue weighted by atomic mass is 16.5. The lowest BCUT2D eigenvalue weighted by Crippen LogP contribution is -2.32. The molecule has 3 rings (SSSR count). The molecule has 3 N–H and O–H groups in total. The van der Waals surface area contributed by atoms with E-state index >= 15 is 0 Å². The maximum absolute atomic E-state index is 12.1. The van der Waals surface area contributed by atoms with Crippen molar-refractivity contribution in [2.75, 3.05) is 18.9 Å². The first-order valence-electron chi connectivity index (χ1n) is 7.04. The van der Waals surface area contributed by atoms with E-state index in [-0.39, 0.29) is 12.0 Å². The molecule has 0 bridgehead atoms. The fourth-order valence-electron chi connectivity index (χ4n) is 2.38. The van der Waals surface area contributed by atoms with Gasteiger partial charge in [0.15, 0.2) is 5.69 Å². The van der Waals surface area contributed by atoms with Gasteiger partial charge in [-0.3, -0.25) is 4.79 Å². The van der Waals surface area contributed by atoms with Crippen LogP contribution in [0.4, 0.5) is 5.69 Å². The molecule has 1 aromatic heterocycles. The van der Waals surface area contributed by atoms with Crippen LogP contribution in [0.15, 0.2) is 36.5 Å². The topological polar surface area (TPSA) is 82.2 Å². The second-order valence-electron chi connectivity index (χ2n) is 5.05. The molecule has 21 heavy (non-hydrogen) atoms. The van der Waals surface area contributed by atoms with Crippen molar-refractivity contribution >= 4 is 11.6 Å². The van der Waals surface area contributed by atoms with Gasteiger partial charge in [-0.2, -0.15) is 5.10 Å². The van der Waals surface area contributed by atoms with Crippen molar-refractivity contribution in [1.82, 2.24) is 15.1 Å². The molecular weight excluding hydrogens is 268 g/mol. The normalized spacial score (nSPS) is 17.8. The SMILES string of the molecule is Nc1ccccc1-n1ccc(C(=O)NCC2CCCO2)n1.